The number of unbranched alkanes of at least 4 members (excludes halogenated alkanes) is 8. The summed E-state index contributed by atoms with van der Waals surface area (Å²) < 4.78 is 0. The molecule has 2 unspecified atom stereocenters. The van der Waals surface area contributed by atoms with E-state index in [9.17, 15) is 4.79 Å². The summed E-state index contributed by atoms with van der Waals surface area (Å²) in [5.74, 6) is 0.791. The molecule has 2 rings (SSSR count). The molecule has 1 fully saturated rings. The molecule has 0 bridgehead atoms. The van der Waals surface area contributed by atoms with E-state index in [1.165, 1.54) is 56.9 Å². The number of hydrogen-bond acceptors (Lipinski definition) is 1. The van der Waals surface area contributed by atoms with E-state index in [-0.39, 0.29) is 5.91 Å². The molecular weight excluding hydrogens is 282 g/mol. The van der Waals surface area contributed by atoms with Crippen molar-refractivity contribution in [1.29, 1.82) is 0 Å². The van der Waals surface area contributed by atoms with E-state index in [1.807, 2.05) is 6.07 Å². The summed E-state index contributed by atoms with van der Waals surface area (Å²) in [5, 5.41) is 3.19. The van der Waals surface area contributed by atoms with Crippen LogP contribution < -0.4 is 5.32 Å². The minimum absolute atomic E-state index is 0.247. The van der Waals surface area contributed by atoms with Gasteiger partial charge >= 0.3 is 0 Å². The maximum absolute atomic E-state index is 12.0. The highest BCUT2D eigenvalue weighted by Gasteiger charge is 2.39. The summed E-state index contributed by atoms with van der Waals surface area (Å²) in [6, 6.07) is 10.9. The van der Waals surface area contributed by atoms with Crippen LogP contribution in [-0.2, 0) is 4.79 Å². The van der Waals surface area contributed by atoms with Crippen LogP contribution in [0, 0.1) is 0 Å². The molecular formula is C21H33NO. The SMILES string of the molecule is CCCCCCCCCCCC(=O)NC1CC1c1ccccc1. The highest BCUT2D eigenvalue weighted by molar-refractivity contribution is 5.76. The van der Waals surface area contributed by atoms with Crippen LogP contribution in [0.4, 0.5) is 0 Å². The van der Waals surface area contributed by atoms with Crippen molar-refractivity contribution in [1.82, 2.24) is 5.32 Å². The monoisotopic (exact) mass is 315 g/mol. The molecule has 0 saturated heterocycles. The highest BCUT2D eigenvalue weighted by atomic mass is 16.1. The van der Waals surface area contributed by atoms with E-state index >= 15 is 0 Å². The van der Waals surface area contributed by atoms with Gasteiger partial charge in [0.1, 0.15) is 0 Å². The molecule has 2 atom stereocenters. The minimum atomic E-state index is 0.247. The van der Waals surface area contributed by atoms with E-state index in [1.54, 1.807) is 0 Å². The van der Waals surface area contributed by atoms with Crippen LogP contribution in [0.15, 0.2) is 30.3 Å². The lowest BCUT2D eigenvalue weighted by atomic mass is 10.1. The van der Waals surface area contributed by atoms with Crippen molar-refractivity contribution in [3.8, 4) is 0 Å². The number of benzene rings is 1. The highest BCUT2D eigenvalue weighted by Crippen LogP contribution is 2.40. The number of nitrogens with one attached hydrogen (secondary N) is 1. The topological polar surface area (TPSA) is 29.1 Å². The first-order valence-corrected chi connectivity index (χ1v) is 9.65. The van der Waals surface area contributed by atoms with Crippen LogP contribution in [0.3, 0.4) is 0 Å². The van der Waals surface area contributed by atoms with Gasteiger partial charge in [-0.1, -0.05) is 88.6 Å². The van der Waals surface area contributed by atoms with Gasteiger partial charge in [-0.3, -0.25) is 4.79 Å². The number of rotatable bonds is 12. The van der Waals surface area contributed by atoms with Crippen molar-refractivity contribution < 1.29 is 4.79 Å². The fourth-order valence-electron chi connectivity index (χ4n) is 3.30. The van der Waals surface area contributed by atoms with Crippen LogP contribution in [0.25, 0.3) is 0 Å². The molecule has 1 aliphatic carbocycles. The van der Waals surface area contributed by atoms with Crippen molar-refractivity contribution in [3.05, 3.63) is 35.9 Å². The van der Waals surface area contributed by atoms with Crippen LogP contribution in [0.5, 0.6) is 0 Å². The lowest BCUT2D eigenvalue weighted by Crippen LogP contribution is -2.26. The van der Waals surface area contributed by atoms with Gasteiger partial charge in [0.25, 0.3) is 0 Å². The van der Waals surface area contributed by atoms with Crippen LogP contribution >= 0.6 is 0 Å². The number of carbonyl (C=O) groups excluding carboxylic acids is 1. The third kappa shape index (κ3) is 7.20. The molecule has 2 nitrogen and oxygen atoms in total. The van der Waals surface area contributed by atoms with E-state index in [4.69, 9.17) is 0 Å². The van der Waals surface area contributed by atoms with Gasteiger partial charge in [-0.15, -0.1) is 0 Å². The molecule has 0 radical (unpaired) electrons. The first-order valence-electron chi connectivity index (χ1n) is 9.65. The number of amides is 1. The van der Waals surface area contributed by atoms with Gasteiger partial charge in [0, 0.05) is 18.4 Å². The van der Waals surface area contributed by atoms with Crippen molar-refractivity contribution >= 4 is 5.91 Å². The summed E-state index contributed by atoms with van der Waals surface area (Å²) in [4.78, 5) is 12.0. The van der Waals surface area contributed by atoms with Gasteiger partial charge in [-0.2, -0.15) is 0 Å². The van der Waals surface area contributed by atoms with Gasteiger partial charge < -0.3 is 5.32 Å². The molecule has 1 amide bonds. The summed E-state index contributed by atoms with van der Waals surface area (Å²) in [7, 11) is 0. The Kier molecular flexibility index (Phi) is 8.20. The molecule has 128 valence electrons. The summed E-state index contributed by atoms with van der Waals surface area (Å²) in [5.41, 5.74) is 1.36. The maximum Gasteiger partial charge on any atom is 0.220 e. The van der Waals surface area contributed by atoms with Crippen molar-refractivity contribution in [2.24, 2.45) is 0 Å². The Bertz CT molecular complexity index is 442. The van der Waals surface area contributed by atoms with E-state index in [2.05, 4.69) is 36.5 Å². The van der Waals surface area contributed by atoms with Gasteiger partial charge in [-0.05, 0) is 18.4 Å². The van der Waals surface area contributed by atoms with Crippen LogP contribution in [0.2, 0.25) is 0 Å². The third-order valence-corrected chi connectivity index (χ3v) is 4.87. The minimum Gasteiger partial charge on any atom is -0.353 e. The van der Waals surface area contributed by atoms with Crippen molar-refractivity contribution in [3.63, 3.8) is 0 Å². The van der Waals surface area contributed by atoms with E-state index < -0.39 is 0 Å². The number of hydrogen-bond donors (Lipinski definition) is 1. The number of carbonyl (C=O) groups is 1. The van der Waals surface area contributed by atoms with Crippen molar-refractivity contribution in [2.45, 2.75) is 89.5 Å². The quantitative estimate of drug-likeness (QED) is 0.501. The molecule has 1 aliphatic rings. The standard InChI is InChI=1S/C21H33NO/c1-2-3-4-5-6-7-8-9-13-16-21(23)22-20-17-19(20)18-14-11-10-12-15-18/h10-12,14-15,19-20H,2-9,13,16-17H2,1H3,(H,22,23). The Morgan fingerprint density at radius 3 is 2.22 bits per heavy atom. The van der Waals surface area contributed by atoms with Gasteiger partial charge in [-0.25, -0.2) is 0 Å². The molecule has 23 heavy (non-hydrogen) atoms. The molecule has 0 aliphatic heterocycles. The Morgan fingerprint density at radius 2 is 1.57 bits per heavy atom. The molecule has 1 aromatic rings. The molecule has 0 heterocycles. The predicted octanol–water partition coefficient (Wildman–Crippen LogP) is 5.58. The molecule has 2 heteroatoms. The zero-order chi connectivity index (χ0) is 16.3. The maximum atomic E-state index is 12.0. The fraction of sp³-hybridized carbons (Fsp3) is 0.667. The Balaban J connectivity index is 1.44. The fourth-order valence-corrected chi connectivity index (χ4v) is 3.30. The average Bonchev–Trinajstić information content (AvgIpc) is 3.33. The Labute approximate surface area is 142 Å². The van der Waals surface area contributed by atoms with Gasteiger partial charge in [0.05, 0.1) is 0 Å². The second kappa shape index (κ2) is 10.5. The third-order valence-electron chi connectivity index (χ3n) is 4.87. The van der Waals surface area contributed by atoms with Crippen LogP contribution in [0.1, 0.15) is 89.0 Å². The average molecular weight is 316 g/mol. The Hall–Kier alpha value is -1.31. The van der Waals surface area contributed by atoms with Crippen LogP contribution in [-0.4, -0.2) is 11.9 Å². The molecule has 0 aromatic heterocycles. The van der Waals surface area contributed by atoms with Crippen molar-refractivity contribution in [2.75, 3.05) is 0 Å². The lowest BCUT2D eigenvalue weighted by Gasteiger charge is -2.05. The molecule has 1 saturated carbocycles. The van der Waals surface area contributed by atoms with E-state index in [0.717, 1.165) is 12.8 Å². The molecule has 1 aromatic carbocycles. The predicted molar refractivity (Wildman–Crippen MR) is 97.6 cm³/mol. The summed E-state index contributed by atoms with van der Waals surface area (Å²) >= 11 is 0. The normalized spacial score (nSPS) is 19.5. The zero-order valence-corrected chi connectivity index (χ0v) is 14.7. The Morgan fingerprint density at radius 1 is 0.957 bits per heavy atom. The largest absolute Gasteiger partial charge is 0.353 e. The first kappa shape index (κ1) is 18.0. The molecule has 0 spiro atoms. The second-order valence-electron chi connectivity index (χ2n) is 7.01. The first-order chi connectivity index (χ1) is 11.3. The second-order valence-corrected chi connectivity index (χ2v) is 7.01. The van der Waals surface area contributed by atoms with E-state index in [0.29, 0.717) is 18.4 Å². The zero-order valence-electron chi connectivity index (χ0n) is 14.7. The lowest BCUT2D eigenvalue weighted by molar-refractivity contribution is -0.121. The van der Waals surface area contributed by atoms with Gasteiger partial charge in [0.2, 0.25) is 5.91 Å². The smallest absolute Gasteiger partial charge is 0.220 e. The molecule has 1 N–H and O–H groups in total. The van der Waals surface area contributed by atoms with Gasteiger partial charge in [0.15, 0.2) is 0 Å². The summed E-state index contributed by atoms with van der Waals surface area (Å²) in [6.07, 6.45) is 13.5. The summed E-state index contributed by atoms with van der Waals surface area (Å²) in [6.45, 7) is 2.26.